The Kier molecular flexibility index (Phi) is 3.83. The molecule has 0 aliphatic heterocycles. The average molecular weight is 427 g/mol. The molecule has 0 atom stereocenters. The van der Waals surface area contributed by atoms with Crippen molar-refractivity contribution in [3.05, 3.63) is 81.7 Å². The van der Waals surface area contributed by atoms with E-state index in [0.717, 1.165) is 20.2 Å². The van der Waals surface area contributed by atoms with E-state index in [4.69, 9.17) is 0 Å². The third-order valence-electron chi connectivity index (χ3n) is 3.97. The van der Waals surface area contributed by atoms with Crippen LogP contribution in [0.4, 0.5) is 0 Å². The van der Waals surface area contributed by atoms with E-state index in [-0.39, 0.29) is 0 Å². The minimum absolute atomic E-state index is 1.09. The number of nitrogens with one attached hydrogen (secondary N) is 1. The quantitative estimate of drug-likeness (QED) is 0.354. The van der Waals surface area contributed by atoms with Crippen LogP contribution in [0, 0.1) is 0 Å². The van der Waals surface area contributed by atoms with E-state index < -0.39 is 0 Å². The first-order chi connectivity index (χ1) is 11.2. The Hall–Kier alpha value is -1.84. The van der Waals surface area contributed by atoms with Crippen LogP contribution in [0.3, 0.4) is 0 Å². The predicted molar refractivity (Wildman–Crippen MR) is 105 cm³/mol. The highest BCUT2D eigenvalue weighted by Gasteiger charge is 2.14. The Bertz CT molecular complexity index is 967. The fraction of sp³-hybridized carbons (Fsp3) is 0. The fourth-order valence-corrected chi connectivity index (χ4v) is 3.42. The molecule has 0 radical (unpaired) electrons. The van der Waals surface area contributed by atoms with Crippen molar-refractivity contribution in [2.45, 2.75) is 0 Å². The summed E-state index contributed by atoms with van der Waals surface area (Å²) >= 11 is 7.03. The summed E-state index contributed by atoms with van der Waals surface area (Å²) in [5.74, 6) is 0. The highest BCUT2D eigenvalue weighted by atomic mass is 79.9. The molecule has 0 saturated carbocycles. The lowest BCUT2D eigenvalue weighted by molar-refractivity contribution is 1.44. The molecule has 4 rings (SSSR count). The number of fused-ring (bicyclic) bond motifs is 1. The van der Waals surface area contributed by atoms with Crippen LogP contribution in [0.15, 0.2) is 81.7 Å². The normalized spacial score (nSPS) is 11.0. The number of benzene rings is 3. The van der Waals surface area contributed by atoms with Crippen LogP contribution in [-0.4, -0.2) is 4.98 Å². The van der Waals surface area contributed by atoms with Crippen molar-refractivity contribution in [3.8, 4) is 22.4 Å². The molecule has 0 spiro atoms. The Morgan fingerprint density at radius 3 is 1.83 bits per heavy atom. The molecule has 23 heavy (non-hydrogen) atoms. The summed E-state index contributed by atoms with van der Waals surface area (Å²) in [7, 11) is 0. The van der Waals surface area contributed by atoms with Crippen LogP contribution in [-0.2, 0) is 0 Å². The summed E-state index contributed by atoms with van der Waals surface area (Å²) in [4.78, 5) is 3.59. The third kappa shape index (κ3) is 2.75. The number of aromatic nitrogens is 1. The molecule has 4 aromatic rings. The maximum atomic E-state index is 3.59. The van der Waals surface area contributed by atoms with Gasteiger partial charge in [-0.25, -0.2) is 0 Å². The van der Waals surface area contributed by atoms with E-state index in [2.05, 4.69) is 110 Å². The molecule has 0 amide bonds. The van der Waals surface area contributed by atoms with Crippen molar-refractivity contribution < 1.29 is 0 Å². The summed E-state index contributed by atoms with van der Waals surface area (Å²) in [6.45, 7) is 0. The van der Waals surface area contributed by atoms with Gasteiger partial charge in [0, 0.05) is 25.4 Å². The number of rotatable bonds is 2. The lowest BCUT2D eigenvalue weighted by atomic mass is 9.98. The van der Waals surface area contributed by atoms with Crippen LogP contribution in [0.1, 0.15) is 0 Å². The van der Waals surface area contributed by atoms with Gasteiger partial charge in [0.25, 0.3) is 0 Å². The summed E-state index contributed by atoms with van der Waals surface area (Å²) in [6.07, 6.45) is 0. The molecule has 1 N–H and O–H groups in total. The van der Waals surface area contributed by atoms with Gasteiger partial charge >= 0.3 is 0 Å². The predicted octanol–water partition coefficient (Wildman–Crippen LogP) is 7.03. The molecular weight excluding hydrogens is 414 g/mol. The Labute approximate surface area is 151 Å². The second kappa shape index (κ2) is 5.99. The van der Waals surface area contributed by atoms with Crippen molar-refractivity contribution >= 4 is 42.8 Å². The van der Waals surface area contributed by atoms with Gasteiger partial charge < -0.3 is 4.98 Å². The van der Waals surface area contributed by atoms with Crippen molar-refractivity contribution in [2.75, 3.05) is 0 Å². The van der Waals surface area contributed by atoms with E-state index in [1.54, 1.807) is 0 Å². The Morgan fingerprint density at radius 1 is 0.609 bits per heavy atom. The number of hydrogen-bond acceptors (Lipinski definition) is 0. The van der Waals surface area contributed by atoms with E-state index in [1.165, 1.54) is 22.1 Å². The molecule has 1 aromatic heterocycles. The Balaban J connectivity index is 2.01. The fourth-order valence-electron chi connectivity index (χ4n) is 2.89. The molecule has 0 fully saturated rings. The SMILES string of the molecule is Brc1ccc(-c2[nH]c3ccccc3c2-c2ccc(Br)cc2)cc1. The molecule has 0 aliphatic carbocycles. The van der Waals surface area contributed by atoms with Gasteiger partial charge in [0.05, 0.1) is 5.69 Å². The van der Waals surface area contributed by atoms with Crippen LogP contribution in [0.2, 0.25) is 0 Å². The van der Waals surface area contributed by atoms with Crippen molar-refractivity contribution in [1.29, 1.82) is 0 Å². The van der Waals surface area contributed by atoms with Crippen LogP contribution in [0.25, 0.3) is 33.3 Å². The number of para-hydroxylation sites is 1. The molecule has 1 heterocycles. The lowest BCUT2D eigenvalue weighted by Gasteiger charge is -2.06. The topological polar surface area (TPSA) is 15.8 Å². The van der Waals surface area contributed by atoms with Gasteiger partial charge in [-0.2, -0.15) is 0 Å². The van der Waals surface area contributed by atoms with E-state index >= 15 is 0 Å². The molecule has 112 valence electrons. The first kappa shape index (κ1) is 14.7. The van der Waals surface area contributed by atoms with Crippen LogP contribution >= 0.6 is 31.9 Å². The molecule has 0 unspecified atom stereocenters. The van der Waals surface area contributed by atoms with Gasteiger partial charge in [0.1, 0.15) is 0 Å². The maximum absolute atomic E-state index is 3.59. The minimum atomic E-state index is 1.09. The third-order valence-corrected chi connectivity index (χ3v) is 5.03. The standard InChI is InChI=1S/C20H13Br2N/c21-15-9-5-13(6-10-15)19-17-3-1-2-4-18(17)23-20(19)14-7-11-16(22)12-8-14/h1-12,23H. The molecule has 3 heteroatoms. The minimum Gasteiger partial charge on any atom is -0.354 e. The lowest BCUT2D eigenvalue weighted by Crippen LogP contribution is -1.83. The zero-order valence-corrected chi connectivity index (χ0v) is 15.4. The van der Waals surface area contributed by atoms with Gasteiger partial charge in [-0.15, -0.1) is 0 Å². The van der Waals surface area contributed by atoms with Crippen molar-refractivity contribution in [3.63, 3.8) is 0 Å². The molecular formula is C20H13Br2N. The summed E-state index contributed by atoms with van der Waals surface area (Å²) < 4.78 is 2.17. The molecule has 0 aliphatic rings. The van der Waals surface area contributed by atoms with Crippen LogP contribution < -0.4 is 0 Å². The first-order valence-corrected chi connectivity index (χ1v) is 8.93. The first-order valence-electron chi connectivity index (χ1n) is 7.35. The van der Waals surface area contributed by atoms with Gasteiger partial charge in [-0.1, -0.05) is 74.3 Å². The second-order valence-electron chi connectivity index (χ2n) is 5.43. The number of halogens is 2. The summed E-state index contributed by atoms with van der Waals surface area (Å²) in [5, 5.41) is 1.24. The maximum Gasteiger partial charge on any atom is 0.0544 e. The largest absolute Gasteiger partial charge is 0.354 e. The highest BCUT2D eigenvalue weighted by Crippen LogP contribution is 2.38. The second-order valence-corrected chi connectivity index (χ2v) is 7.27. The summed E-state index contributed by atoms with van der Waals surface area (Å²) in [6, 6.07) is 25.4. The van der Waals surface area contributed by atoms with E-state index in [0.29, 0.717) is 0 Å². The van der Waals surface area contributed by atoms with Crippen molar-refractivity contribution in [1.82, 2.24) is 4.98 Å². The van der Waals surface area contributed by atoms with Gasteiger partial charge in [0.2, 0.25) is 0 Å². The molecule has 3 aromatic carbocycles. The number of H-pyrrole nitrogens is 1. The number of aromatic amines is 1. The number of hydrogen-bond donors (Lipinski definition) is 1. The van der Waals surface area contributed by atoms with Crippen LogP contribution in [0.5, 0.6) is 0 Å². The van der Waals surface area contributed by atoms with Gasteiger partial charge in [-0.3, -0.25) is 0 Å². The zero-order valence-electron chi connectivity index (χ0n) is 12.2. The molecule has 1 nitrogen and oxygen atoms in total. The Morgan fingerprint density at radius 2 is 1.17 bits per heavy atom. The van der Waals surface area contributed by atoms with E-state index in [9.17, 15) is 0 Å². The average Bonchev–Trinajstić information content (AvgIpc) is 2.96. The monoisotopic (exact) mass is 425 g/mol. The zero-order chi connectivity index (χ0) is 15.8. The molecule has 0 saturated heterocycles. The molecule has 0 bridgehead atoms. The smallest absolute Gasteiger partial charge is 0.0544 e. The van der Waals surface area contributed by atoms with E-state index in [1.807, 2.05) is 0 Å². The summed E-state index contributed by atoms with van der Waals surface area (Å²) in [5.41, 5.74) is 5.95. The van der Waals surface area contributed by atoms with Crippen molar-refractivity contribution in [2.24, 2.45) is 0 Å². The van der Waals surface area contributed by atoms with Gasteiger partial charge in [-0.05, 0) is 41.5 Å². The highest BCUT2D eigenvalue weighted by molar-refractivity contribution is 9.10. The van der Waals surface area contributed by atoms with Gasteiger partial charge in [0.15, 0.2) is 0 Å².